The fourth-order valence-electron chi connectivity index (χ4n) is 1.59. The summed E-state index contributed by atoms with van der Waals surface area (Å²) < 4.78 is 1.21. The lowest BCUT2D eigenvalue weighted by Crippen LogP contribution is -1.84. The molecule has 0 atom stereocenters. The Morgan fingerprint density at radius 2 is 1.88 bits per heavy atom. The van der Waals surface area contributed by atoms with Gasteiger partial charge in [-0.05, 0) is 30.3 Å². The van der Waals surface area contributed by atoms with Crippen LogP contribution < -0.4 is 5.32 Å². The van der Waals surface area contributed by atoms with Gasteiger partial charge < -0.3 is 5.32 Å². The molecule has 78 valence electrons. The lowest BCUT2D eigenvalue weighted by molar-refractivity contribution is 1.43. The van der Waals surface area contributed by atoms with E-state index >= 15 is 0 Å². The zero-order valence-corrected chi connectivity index (χ0v) is 9.37. The van der Waals surface area contributed by atoms with Crippen molar-refractivity contribution in [2.24, 2.45) is 0 Å². The molecule has 3 rings (SSSR count). The van der Waals surface area contributed by atoms with E-state index in [1.807, 2.05) is 30.5 Å². The average Bonchev–Trinajstić information content (AvgIpc) is 2.72. The Balaban J connectivity index is 1.95. The summed E-state index contributed by atoms with van der Waals surface area (Å²) in [5.74, 6) is 0. The van der Waals surface area contributed by atoms with E-state index in [2.05, 4.69) is 34.6 Å². The van der Waals surface area contributed by atoms with Crippen LogP contribution in [0.1, 0.15) is 0 Å². The van der Waals surface area contributed by atoms with E-state index in [1.54, 1.807) is 11.3 Å². The monoisotopic (exact) mass is 226 g/mol. The van der Waals surface area contributed by atoms with Crippen LogP contribution in [0.15, 0.2) is 54.7 Å². The van der Waals surface area contributed by atoms with E-state index in [1.165, 1.54) is 4.70 Å². The molecule has 0 aliphatic rings. The molecule has 0 aliphatic heterocycles. The fraction of sp³-hybridized carbons (Fsp3) is 0. The summed E-state index contributed by atoms with van der Waals surface area (Å²) in [6, 6.07) is 16.3. The molecule has 16 heavy (non-hydrogen) atoms. The molecule has 0 aliphatic carbocycles. The van der Waals surface area contributed by atoms with E-state index in [0.29, 0.717) is 0 Å². The van der Waals surface area contributed by atoms with E-state index < -0.39 is 0 Å². The van der Waals surface area contributed by atoms with Gasteiger partial charge in [0.2, 0.25) is 0 Å². The molecule has 1 aromatic carbocycles. The van der Waals surface area contributed by atoms with Gasteiger partial charge in [0, 0.05) is 11.9 Å². The smallest absolute Gasteiger partial charge is 0.0955 e. The molecule has 1 N–H and O–H groups in total. The normalized spacial score (nSPS) is 10.5. The fourth-order valence-corrected chi connectivity index (χ4v) is 2.53. The van der Waals surface area contributed by atoms with Crippen molar-refractivity contribution in [2.45, 2.75) is 0 Å². The average molecular weight is 226 g/mol. The first-order valence-electron chi connectivity index (χ1n) is 5.08. The number of pyridine rings is 1. The van der Waals surface area contributed by atoms with Gasteiger partial charge in [-0.2, -0.15) is 0 Å². The minimum atomic E-state index is 1.05. The molecule has 0 fully saturated rings. The minimum absolute atomic E-state index is 1.05. The van der Waals surface area contributed by atoms with E-state index in [0.717, 1.165) is 16.2 Å². The van der Waals surface area contributed by atoms with Crippen molar-refractivity contribution in [2.75, 3.05) is 5.32 Å². The van der Waals surface area contributed by atoms with Gasteiger partial charge in [-0.1, -0.05) is 18.2 Å². The van der Waals surface area contributed by atoms with Crippen molar-refractivity contribution in [1.29, 1.82) is 0 Å². The second-order valence-corrected chi connectivity index (χ2v) is 4.57. The summed E-state index contributed by atoms with van der Waals surface area (Å²) in [5, 5.41) is 4.50. The molecule has 0 spiro atoms. The molecular formula is C13H10N2S. The summed E-state index contributed by atoms with van der Waals surface area (Å²) in [7, 11) is 0. The first kappa shape index (κ1) is 9.36. The second kappa shape index (κ2) is 3.94. The number of hydrogen-bond donors (Lipinski definition) is 1. The lowest BCUT2D eigenvalue weighted by atomic mass is 10.3. The van der Waals surface area contributed by atoms with E-state index in [4.69, 9.17) is 0 Å². The lowest BCUT2D eigenvalue weighted by Gasteiger charge is -2.01. The van der Waals surface area contributed by atoms with Crippen molar-refractivity contribution in [3.05, 3.63) is 54.7 Å². The predicted octanol–water partition coefficient (Wildman–Crippen LogP) is 4.04. The van der Waals surface area contributed by atoms with Gasteiger partial charge in [-0.15, -0.1) is 11.3 Å². The van der Waals surface area contributed by atoms with E-state index in [9.17, 15) is 0 Å². The first-order chi connectivity index (χ1) is 7.92. The molecule has 3 heteroatoms. The molecule has 2 aromatic heterocycles. The van der Waals surface area contributed by atoms with Crippen LogP contribution in [0.2, 0.25) is 0 Å². The molecule has 0 unspecified atom stereocenters. The molecule has 0 amide bonds. The van der Waals surface area contributed by atoms with Gasteiger partial charge >= 0.3 is 0 Å². The zero-order valence-electron chi connectivity index (χ0n) is 8.55. The summed E-state index contributed by atoms with van der Waals surface area (Å²) in [6.07, 6.45) is 1.82. The Kier molecular flexibility index (Phi) is 2.31. The van der Waals surface area contributed by atoms with Crippen molar-refractivity contribution >= 4 is 32.2 Å². The van der Waals surface area contributed by atoms with E-state index in [-0.39, 0.29) is 0 Å². The molecule has 3 aromatic rings. The maximum atomic E-state index is 4.31. The van der Waals surface area contributed by atoms with Crippen LogP contribution in [-0.4, -0.2) is 4.98 Å². The van der Waals surface area contributed by atoms with Crippen molar-refractivity contribution < 1.29 is 0 Å². The highest BCUT2D eigenvalue weighted by atomic mass is 32.1. The molecule has 2 nitrogen and oxygen atoms in total. The van der Waals surface area contributed by atoms with Crippen LogP contribution in [0.5, 0.6) is 0 Å². The number of para-hydroxylation sites is 1. The molecule has 0 radical (unpaired) electrons. The Morgan fingerprint density at radius 3 is 2.69 bits per heavy atom. The SMILES string of the molecule is c1ccc(Nc2cc3ncccc3s2)cc1. The highest BCUT2D eigenvalue weighted by molar-refractivity contribution is 7.22. The summed E-state index contributed by atoms with van der Waals surface area (Å²) in [4.78, 5) is 4.31. The summed E-state index contributed by atoms with van der Waals surface area (Å²) in [6.45, 7) is 0. The summed E-state index contributed by atoms with van der Waals surface area (Å²) in [5.41, 5.74) is 2.15. The maximum absolute atomic E-state index is 4.31. The summed E-state index contributed by atoms with van der Waals surface area (Å²) >= 11 is 1.72. The van der Waals surface area contributed by atoms with Crippen LogP contribution >= 0.6 is 11.3 Å². The third-order valence-corrected chi connectivity index (χ3v) is 3.33. The van der Waals surface area contributed by atoms with Crippen molar-refractivity contribution in [1.82, 2.24) is 4.98 Å². The zero-order chi connectivity index (χ0) is 10.8. The van der Waals surface area contributed by atoms with Gasteiger partial charge in [0.1, 0.15) is 0 Å². The maximum Gasteiger partial charge on any atom is 0.0955 e. The highest BCUT2D eigenvalue weighted by Gasteiger charge is 2.01. The Labute approximate surface area is 97.6 Å². The van der Waals surface area contributed by atoms with Crippen molar-refractivity contribution in [3.8, 4) is 0 Å². The third-order valence-electron chi connectivity index (χ3n) is 2.33. The number of benzene rings is 1. The predicted molar refractivity (Wildman–Crippen MR) is 69.3 cm³/mol. The van der Waals surface area contributed by atoms with Crippen LogP contribution in [0, 0.1) is 0 Å². The van der Waals surface area contributed by atoms with Gasteiger partial charge in [0.25, 0.3) is 0 Å². The van der Waals surface area contributed by atoms with Crippen molar-refractivity contribution in [3.63, 3.8) is 0 Å². The van der Waals surface area contributed by atoms with Gasteiger partial charge in [0.15, 0.2) is 0 Å². The Hall–Kier alpha value is -1.87. The molecule has 0 saturated carbocycles. The van der Waals surface area contributed by atoms with Crippen LogP contribution in [0.3, 0.4) is 0 Å². The number of anilines is 2. The van der Waals surface area contributed by atoms with Gasteiger partial charge in [-0.25, -0.2) is 0 Å². The minimum Gasteiger partial charge on any atom is -0.347 e. The quantitative estimate of drug-likeness (QED) is 0.713. The molecule has 0 bridgehead atoms. The molecule has 2 heterocycles. The topological polar surface area (TPSA) is 24.9 Å². The Morgan fingerprint density at radius 1 is 1.00 bits per heavy atom. The number of thiophene rings is 1. The van der Waals surface area contributed by atoms with Crippen LogP contribution in [0.25, 0.3) is 10.2 Å². The standard InChI is InChI=1S/C13H10N2S/c1-2-5-10(6-3-1)15-13-9-11-12(16-13)7-4-8-14-11/h1-9,15H. The largest absolute Gasteiger partial charge is 0.347 e. The molecule has 0 saturated heterocycles. The number of rotatable bonds is 2. The van der Waals surface area contributed by atoms with Crippen LogP contribution in [-0.2, 0) is 0 Å². The number of nitrogens with zero attached hydrogens (tertiary/aromatic N) is 1. The first-order valence-corrected chi connectivity index (χ1v) is 5.90. The van der Waals surface area contributed by atoms with Gasteiger partial charge in [-0.3, -0.25) is 4.98 Å². The Bertz CT molecular complexity index is 568. The number of fused-ring (bicyclic) bond motifs is 1. The molecular weight excluding hydrogens is 216 g/mol. The number of hydrogen-bond acceptors (Lipinski definition) is 3. The van der Waals surface area contributed by atoms with Crippen LogP contribution in [0.4, 0.5) is 10.7 Å². The second-order valence-electron chi connectivity index (χ2n) is 3.49. The third kappa shape index (κ3) is 1.77. The number of aromatic nitrogens is 1. The number of nitrogens with one attached hydrogen (secondary N) is 1. The highest BCUT2D eigenvalue weighted by Crippen LogP contribution is 2.30. The van der Waals surface area contributed by atoms with Gasteiger partial charge in [0.05, 0.1) is 15.2 Å².